The molecule has 0 aliphatic heterocycles. The Hall–Kier alpha value is -2.72. The lowest BCUT2D eigenvalue weighted by molar-refractivity contribution is -0.384. The van der Waals surface area contributed by atoms with Crippen LogP contribution in [0.1, 0.15) is 83.0 Å². The summed E-state index contributed by atoms with van der Waals surface area (Å²) in [6, 6.07) is 15.7. The van der Waals surface area contributed by atoms with Crippen LogP contribution in [0, 0.1) is 10.1 Å². The first kappa shape index (κ1) is 30.5. The minimum absolute atomic E-state index is 0.0102. The van der Waals surface area contributed by atoms with Crippen molar-refractivity contribution in [2.24, 2.45) is 0 Å². The Morgan fingerprint density at radius 2 is 1.41 bits per heavy atom. The first-order valence-corrected chi connectivity index (χ1v) is 16.0. The van der Waals surface area contributed by atoms with E-state index < -0.39 is 18.2 Å². The summed E-state index contributed by atoms with van der Waals surface area (Å²) >= 11 is 0. The van der Waals surface area contributed by atoms with Gasteiger partial charge in [-0.2, -0.15) is 0 Å². The number of benzene rings is 2. The van der Waals surface area contributed by atoms with Gasteiger partial charge in [0.1, 0.15) is 17.0 Å². The van der Waals surface area contributed by atoms with Crippen LogP contribution in [-0.2, 0) is 9.53 Å². The standard InChI is InChI=1S/C30H42NO5P/c1-5-9-21-37(22-10-6-2,23-11-7-3)29(25-17-19-26(20-18-25)31(34)35)27(30(33)36-8-4)28(32)24-15-13-12-14-16-24/h12-20,29H,5-11,21-23H2,1-4H3/p+1/t29-/m1/s1. The van der Waals surface area contributed by atoms with Crippen molar-refractivity contribution in [1.82, 2.24) is 0 Å². The van der Waals surface area contributed by atoms with Gasteiger partial charge in [-0.25, -0.2) is 4.79 Å². The Balaban J connectivity index is 2.93. The molecule has 2 aromatic carbocycles. The number of ether oxygens (including phenoxy) is 1. The van der Waals surface area contributed by atoms with Crippen LogP contribution in [0.5, 0.6) is 0 Å². The van der Waals surface area contributed by atoms with E-state index in [1.807, 2.05) is 18.2 Å². The number of nitrogens with zero attached hydrogens (tertiary/aromatic N) is 1. The van der Waals surface area contributed by atoms with E-state index in [2.05, 4.69) is 20.8 Å². The normalized spacial score (nSPS) is 13.1. The number of unbranched alkanes of at least 4 members (excludes halogenated alkanes) is 3. The van der Waals surface area contributed by atoms with Crippen molar-refractivity contribution in [2.75, 3.05) is 25.1 Å². The van der Waals surface area contributed by atoms with Crippen LogP contribution < -0.4 is 0 Å². The second kappa shape index (κ2) is 15.5. The second-order valence-electron chi connectivity index (χ2n) is 9.55. The fourth-order valence-electron chi connectivity index (χ4n) is 4.97. The van der Waals surface area contributed by atoms with Gasteiger partial charge in [0.25, 0.3) is 5.69 Å². The molecule has 0 saturated carbocycles. The van der Waals surface area contributed by atoms with Crippen molar-refractivity contribution in [3.8, 4) is 0 Å². The number of hydrogen-bond donors (Lipinski definition) is 1. The first-order valence-electron chi connectivity index (χ1n) is 13.6. The average molecular weight is 529 g/mol. The summed E-state index contributed by atoms with van der Waals surface area (Å²) in [6.45, 7) is 8.50. The summed E-state index contributed by atoms with van der Waals surface area (Å²) in [5, 5.41) is 23.1. The number of hydrogen-bond acceptors (Lipinski definition) is 5. The van der Waals surface area contributed by atoms with E-state index in [4.69, 9.17) is 4.74 Å². The predicted molar refractivity (Wildman–Crippen MR) is 155 cm³/mol. The number of rotatable bonds is 16. The first-order chi connectivity index (χ1) is 17.8. The Morgan fingerprint density at radius 3 is 1.84 bits per heavy atom. The summed E-state index contributed by atoms with van der Waals surface area (Å²) in [6.07, 6.45) is 9.21. The molecule has 1 N–H and O–H groups in total. The van der Waals surface area contributed by atoms with Crippen LogP contribution in [0.4, 0.5) is 5.69 Å². The summed E-state index contributed by atoms with van der Waals surface area (Å²) in [5.74, 6) is -0.572. The van der Waals surface area contributed by atoms with Gasteiger partial charge in [0.2, 0.25) is 0 Å². The minimum atomic E-state index is -1.91. The lowest BCUT2D eigenvalue weighted by Gasteiger charge is -2.37. The number of nitro groups is 1. The molecule has 2 aromatic rings. The summed E-state index contributed by atoms with van der Waals surface area (Å²) < 4.78 is 5.57. The van der Waals surface area contributed by atoms with E-state index in [0.717, 1.165) is 62.6 Å². The van der Waals surface area contributed by atoms with Gasteiger partial charge >= 0.3 is 5.97 Å². The molecule has 0 unspecified atom stereocenters. The molecular weight excluding hydrogens is 485 g/mol. The van der Waals surface area contributed by atoms with Gasteiger partial charge in [-0.1, -0.05) is 70.4 Å². The van der Waals surface area contributed by atoms with Gasteiger partial charge < -0.3 is 9.84 Å². The molecule has 0 aliphatic carbocycles. The number of nitro benzene ring substituents is 1. The summed E-state index contributed by atoms with van der Waals surface area (Å²) in [4.78, 5) is 24.7. The Kier molecular flexibility index (Phi) is 12.8. The maximum absolute atomic E-state index is 13.7. The van der Waals surface area contributed by atoms with Gasteiger partial charge in [-0.3, -0.25) is 10.1 Å². The van der Waals surface area contributed by atoms with E-state index in [1.165, 1.54) is 12.1 Å². The highest BCUT2D eigenvalue weighted by Crippen LogP contribution is 2.73. The third-order valence-corrected chi connectivity index (χ3v) is 12.2. The van der Waals surface area contributed by atoms with Crippen molar-refractivity contribution in [1.29, 1.82) is 0 Å². The molecule has 0 fully saturated rings. The fourth-order valence-corrected chi connectivity index (χ4v) is 10.8. The van der Waals surface area contributed by atoms with Crippen LogP contribution in [0.2, 0.25) is 0 Å². The van der Waals surface area contributed by atoms with Crippen LogP contribution >= 0.6 is 7.26 Å². The van der Waals surface area contributed by atoms with E-state index in [0.29, 0.717) is 11.1 Å². The molecule has 2 rings (SSSR count). The fraction of sp³-hybridized carbons (Fsp3) is 0.500. The van der Waals surface area contributed by atoms with E-state index in [-0.39, 0.29) is 23.7 Å². The topological polar surface area (TPSA) is 89.7 Å². The van der Waals surface area contributed by atoms with Crippen LogP contribution in [0.15, 0.2) is 60.2 Å². The molecule has 7 heteroatoms. The molecule has 37 heavy (non-hydrogen) atoms. The molecule has 0 bridgehead atoms. The highest BCUT2D eigenvalue weighted by Gasteiger charge is 2.50. The second-order valence-corrected chi connectivity index (χ2v) is 13.8. The molecule has 6 nitrogen and oxygen atoms in total. The van der Waals surface area contributed by atoms with Crippen molar-refractivity contribution in [2.45, 2.75) is 71.9 Å². The minimum Gasteiger partial charge on any atom is -0.507 e. The number of aliphatic hydroxyl groups is 1. The number of non-ortho nitro benzene ring substituents is 1. The molecule has 0 aromatic heterocycles. The number of esters is 1. The van der Waals surface area contributed by atoms with Gasteiger partial charge in [0, 0.05) is 25.0 Å². The lowest BCUT2D eigenvalue weighted by Crippen LogP contribution is -2.24. The van der Waals surface area contributed by atoms with Gasteiger partial charge in [-0.15, -0.1) is 0 Å². The Bertz CT molecular complexity index is 998. The third-order valence-electron chi connectivity index (χ3n) is 6.91. The molecule has 0 spiro atoms. The van der Waals surface area contributed by atoms with Gasteiger partial charge in [0.05, 0.1) is 30.0 Å². The SMILES string of the molecule is CCCC[P+](CCCC)(CCCC)[C@@H](/C(C(=O)OCC)=C(\O)c1ccccc1)c1ccc([N+](=O)[O-])cc1. The molecule has 0 aliphatic rings. The van der Waals surface area contributed by atoms with Crippen LogP contribution in [0.25, 0.3) is 5.76 Å². The molecule has 0 heterocycles. The number of carbonyl (C=O) groups is 1. The van der Waals surface area contributed by atoms with Gasteiger partial charge in [-0.05, 0) is 43.9 Å². The number of carbonyl (C=O) groups excluding carboxylic acids is 1. The Morgan fingerprint density at radius 1 is 0.892 bits per heavy atom. The Labute approximate surface area is 222 Å². The van der Waals surface area contributed by atoms with E-state index >= 15 is 0 Å². The zero-order chi connectivity index (χ0) is 27.3. The lowest BCUT2D eigenvalue weighted by atomic mass is 9.99. The molecule has 202 valence electrons. The van der Waals surface area contributed by atoms with Crippen molar-refractivity contribution in [3.63, 3.8) is 0 Å². The van der Waals surface area contributed by atoms with Crippen molar-refractivity contribution >= 4 is 24.7 Å². The summed E-state index contributed by atoms with van der Waals surface area (Å²) in [7, 11) is -1.91. The molecular formula is C30H43NO5P+. The quantitative estimate of drug-likeness (QED) is 0.0588. The zero-order valence-electron chi connectivity index (χ0n) is 22.8. The smallest absolute Gasteiger partial charge is 0.342 e. The third kappa shape index (κ3) is 8.13. The summed E-state index contributed by atoms with van der Waals surface area (Å²) in [5.41, 5.74) is 1.34. The van der Waals surface area contributed by atoms with E-state index in [1.54, 1.807) is 31.2 Å². The molecule has 0 radical (unpaired) electrons. The van der Waals surface area contributed by atoms with Crippen molar-refractivity contribution < 1.29 is 19.6 Å². The monoisotopic (exact) mass is 528 g/mol. The average Bonchev–Trinajstić information content (AvgIpc) is 2.92. The van der Waals surface area contributed by atoms with Crippen LogP contribution in [0.3, 0.4) is 0 Å². The molecule has 0 saturated heterocycles. The van der Waals surface area contributed by atoms with E-state index in [9.17, 15) is 20.0 Å². The van der Waals surface area contributed by atoms with Gasteiger partial charge in [0.15, 0.2) is 0 Å². The largest absolute Gasteiger partial charge is 0.507 e. The highest BCUT2D eigenvalue weighted by atomic mass is 31.2. The predicted octanol–water partition coefficient (Wildman–Crippen LogP) is 8.59. The highest BCUT2D eigenvalue weighted by molar-refractivity contribution is 7.76. The maximum atomic E-state index is 13.7. The maximum Gasteiger partial charge on any atom is 0.342 e. The van der Waals surface area contributed by atoms with Crippen molar-refractivity contribution in [3.05, 3.63) is 81.4 Å². The van der Waals surface area contributed by atoms with Crippen LogP contribution in [-0.4, -0.2) is 41.1 Å². The molecule has 0 amide bonds. The molecule has 1 atom stereocenters. The number of aliphatic hydroxyl groups excluding tert-OH is 1. The zero-order valence-corrected chi connectivity index (χ0v) is 23.7.